The van der Waals surface area contributed by atoms with Crippen molar-refractivity contribution in [1.82, 2.24) is 0 Å². The number of hydrogen-bond donors (Lipinski definition) is 2. The van der Waals surface area contributed by atoms with Crippen LogP contribution in [0.2, 0.25) is 0 Å². The van der Waals surface area contributed by atoms with Crippen molar-refractivity contribution in [3.05, 3.63) is 33.9 Å². The number of anilines is 1. The molecule has 0 heterocycles. The van der Waals surface area contributed by atoms with E-state index in [2.05, 4.69) is 5.43 Å². The lowest BCUT2D eigenvalue weighted by Gasteiger charge is -2.05. The highest BCUT2D eigenvalue weighted by molar-refractivity contribution is 5.55. The second kappa shape index (κ2) is 3.86. The Balaban J connectivity index is 3.13. The first kappa shape index (κ1) is 9.47. The van der Waals surface area contributed by atoms with Crippen molar-refractivity contribution >= 4 is 11.4 Å². The van der Waals surface area contributed by atoms with Crippen LogP contribution < -0.4 is 11.3 Å². The Kier molecular flexibility index (Phi) is 2.81. The van der Waals surface area contributed by atoms with Crippen LogP contribution in [0.15, 0.2) is 18.2 Å². The highest BCUT2D eigenvalue weighted by atomic mass is 16.6. The average Bonchev–Trinajstić information content (AvgIpc) is 2.16. The van der Waals surface area contributed by atoms with Crippen LogP contribution in [0.5, 0.6) is 0 Å². The molecule has 1 aromatic rings. The van der Waals surface area contributed by atoms with Gasteiger partial charge >= 0.3 is 0 Å². The first-order valence-corrected chi connectivity index (χ1v) is 3.93. The fraction of sp³-hybridized carbons (Fsp3) is 0.250. The van der Waals surface area contributed by atoms with Gasteiger partial charge in [-0.2, -0.15) is 0 Å². The van der Waals surface area contributed by atoms with Crippen molar-refractivity contribution in [2.24, 2.45) is 5.84 Å². The molecule has 0 unspecified atom stereocenters. The number of nitrogen functional groups attached to an aromatic ring is 1. The van der Waals surface area contributed by atoms with Gasteiger partial charge in [0.25, 0.3) is 5.69 Å². The lowest BCUT2D eigenvalue weighted by atomic mass is 10.1. The molecule has 3 N–H and O–H groups in total. The number of nitrogens with zero attached hydrogens (tertiary/aromatic N) is 1. The van der Waals surface area contributed by atoms with Crippen LogP contribution >= 0.6 is 0 Å². The summed E-state index contributed by atoms with van der Waals surface area (Å²) in [6.45, 7) is 1.92. The standard InChI is InChI=1S/C8H11N3O2/c1-2-6-5-7(11(12)13)3-4-8(6)10-9/h3-5,10H,2,9H2,1H3. The zero-order chi connectivity index (χ0) is 9.84. The van der Waals surface area contributed by atoms with Crippen molar-refractivity contribution in [3.63, 3.8) is 0 Å². The van der Waals surface area contributed by atoms with E-state index in [0.29, 0.717) is 6.42 Å². The minimum Gasteiger partial charge on any atom is -0.324 e. The minimum atomic E-state index is -0.417. The van der Waals surface area contributed by atoms with Crippen LogP contribution in [-0.4, -0.2) is 4.92 Å². The van der Waals surface area contributed by atoms with E-state index < -0.39 is 4.92 Å². The molecule has 0 aliphatic heterocycles. The van der Waals surface area contributed by atoms with Crippen LogP contribution in [0.3, 0.4) is 0 Å². The van der Waals surface area contributed by atoms with Crippen molar-refractivity contribution in [2.75, 3.05) is 5.43 Å². The third-order valence-corrected chi connectivity index (χ3v) is 1.84. The summed E-state index contributed by atoms with van der Waals surface area (Å²) in [5, 5.41) is 10.4. The Morgan fingerprint density at radius 2 is 2.31 bits per heavy atom. The Hall–Kier alpha value is -1.62. The van der Waals surface area contributed by atoms with Gasteiger partial charge in [-0.15, -0.1) is 0 Å². The molecule has 13 heavy (non-hydrogen) atoms. The van der Waals surface area contributed by atoms with Crippen molar-refractivity contribution in [2.45, 2.75) is 13.3 Å². The molecule has 70 valence electrons. The predicted octanol–water partition coefficient (Wildman–Crippen LogP) is 1.44. The molecule has 0 aliphatic carbocycles. The molecule has 0 aromatic heterocycles. The van der Waals surface area contributed by atoms with Gasteiger partial charge in [0.05, 0.1) is 10.6 Å². The van der Waals surface area contributed by atoms with E-state index in [0.717, 1.165) is 11.3 Å². The fourth-order valence-corrected chi connectivity index (χ4v) is 1.13. The van der Waals surface area contributed by atoms with E-state index in [-0.39, 0.29) is 5.69 Å². The molecule has 0 aliphatic rings. The smallest absolute Gasteiger partial charge is 0.269 e. The Labute approximate surface area is 75.7 Å². The predicted molar refractivity (Wildman–Crippen MR) is 50.3 cm³/mol. The van der Waals surface area contributed by atoms with Crippen LogP contribution in [-0.2, 0) is 6.42 Å². The van der Waals surface area contributed by atoms with E-state index in [1.807, 2.05) is 6.92 Å². The molecule has 0 atom stereocenters. The van der Waals surface area contributed by atoms with E-state index >= 15 is 0 Å². The monoisotopic (exact) mass is 181 g/mol. The number of nitro benzene ring substituents is 1. The summed E-state index contributed by atoms with van der Waals surface area (Å²) < 4.78 is 0. The van der Waals surface area contributed by atoms with Crippen molar-refractivity contribution in [3.8, 4) is 0 Å². The van der Waals surface area contributed by atoms with Crippen molar-refractivity contribution < 1.29 is 4.92 Å². The number of hydrazine groups is 1. The summed E-state index contributed by atoms with van der Waals surface area (Å²) in [5.41, 5.74) is 4.16. The summed E-state index contributed by atoms with van der Waals surface area (Å²) in [6, 6.07) is 4.56. The molecular weight excluding hydrogens is 170 g/mol. The number of nitrogens with one attached hydrogen (secondary N) is 1. The molecule has 0 spiro atoms. The minimum absolute atomic E-state index is 0.0934. The molecule has 1 aromatic carbocycles. The molecule has 0 fully saturated rings. The first-order chi connectivity index (χ1) is 6.19. The third kappa shape index (κ3) is 1.94. The zero-order valence-electron chi connectivity index (χ0n) is 7.28. The number of benzene rings is 1. The SMILES string of the molecule is CCc1cc([N+](=O)[O-])ccc1NN. The van der Waals surface area contributed by atoms with Gasteiger partial charge in [-0.1, -0.05) is 6.92 Å². The van der Waals surface area contributed by atoms with E-state index in [9.17, 15) is 10.1 Å². The van der Waals surface area contributed by atoms with Crippen LogP contribution in [0, 0.1) is 10.1 Å². The topological polar surface area (TPSA) is 81.2 Å². The second-order valence-corrected chi connectivity index (χ2v) is 2.60. The first-order valence-electron chi connectivity index (χ1n) is 3.93. The highest BCUT2D eigenvalue weighted by Crippen LogP contribution is 2.21. The fourth-order valence-electron chi connectivity index (χ4n) is 1.13. The normalized spacial score (nSPS) is 9.69. The van der Waals surface area contributed by atoms with Crippen molar-refractivity contribution in [1.29, 1.82) is 0 Å². The molecular formula is C8H11N3O2. The van der Waals surface area contributed by atoms with Gasteiger partial charge in [-0.05, 0) is 18.1 Å². The Morgan fingerprint density at radius 3 is 2.77 bits per heavy atom. The number of rotatable bonds is 3. The summed E-state index contributed by atoms with van der Waals surface area (Å²) in [6.07, 6.45) is 0.710. The van der Waals surface area contributed by atoms with Gasteiger partial charge in [-0.3, -0.25) is 16.0 Å². The molecule has 5 nitrogen and oxygen atoms in total. The number of aryl methyl sites for hydroxylation is 1. The van der Waals surface area contributed by atoms with Gasteiger partial charge in [0.2, 0.25) is 0 Å². The maximum Gasteiger partial charge on any atom is 0.269 e. The molecule has 0 amide bonds. The molecule has 1 rings (SSSR count). The largest absolute Gasteiger partial charge is 0.324 e. The highest BCUT2D eigenvalue weighted by Gasteiger charge is 2.08. The Morgan fingerprint density at radius 1 is 1.62 bits per heavy atom. The van der Waals surface area contributed by atoms with Gasteiger partial charge in [-0.25, -0.2) is 0 Å². The van der Waals surface area contributed by atoms with Gasteiger partial charge in [0.15, 0.2) is 0 Å². The second-order valence-electron chi connectivity index (χ2n) is 2.60. The van der Waals surface area contributed by atoms with E-state index in [1.54, 1.807) is 6.07 Å². The maximum absolute atomic E-state index is 10.4. The molecule has 5 heteroatoms. The lowest BCUT2D eigenvalue weighted by molar-refractivity contribution is -0.384. The van der Waals surface area contributed by atoms with Gasteiger partial charge < -0.3 is 5.43 Å². The van der Waals surface area contributed by atoms with Crippen LogP contribution in [0.1, 0.15) is 12.5 Å². The number of nitrogens with two attached hydrogens (primary N) is 1. The number of non-ortho nitro benzene ring substituents is 1. The quantitative estimate of drug-likeness (QED) is 0.420. The van der Waals surface area contributed by atoms with E-state index in [4.69, 9.17) is 5.84 Å². The number of nitro groups is 1. The zero-order valence-corrected chi connectivity index (χ0v) is 7.28. The van der Waals surface area contributed by atoms with E-state index in [1.165, 1.54) is 12.1 Å². The van der Waals surface area contributed by atoms with Gasteiger partial charge in [0.1, 0.15) is 0 Å². The average molecular weight is 181 g/mol. The molecule has 0 bridgehead atoms. The third-order valence-electron chi connectivity index (χ3n) is 1.84. The maximum atomic E-state index is 10.4. The molecule has 0 saturated heterocycles. The van der Waals surface area contributed by atoms with Crippen LogP contribution in [0.25, 0.3) is 0 Å². The summed E-state index contributed by atoms with van der Waals surface area (Å²) in [7, 11) is 0. The number of hydrogen-bond acceptors (Lipinski definition) is 4. The summed E-state index contributed by atoms with van der Waals surface area (Å²) in [5.74, 6) is 5.23. The lowest BCUT2D eigenvalue weighted by Crippen LogP contribution is -2.09. The summed E-state index contributed by atoms with van der Waals surface area (Å²) >= 11 is 0. The molecule has 0 saturated carbocycles. The molecule has 0 radical (unpaired) electrons. The Bertz CT molecular complexity index is 325. The summed E-state index contributed by atoms with van der Waals surface area (Å²) in [4.78, 5) is 10.0. The van der Waals surface area contributed by atoms with Gasteiger partial charge in [0, 0.05) is 12.1 Å². The van der Waals surface area contributed by atoms with Crippen LogP contribution in [0.4, 0.5) is 11.4 Å².